The van der Waals surface area contributed by atoms with Crippen LogP contribution in [0.1, 0.15) is 58.0 Å². The maximum absolute atomic E-state index is 12.4. The monoisotopic (exact) mass is 419 g/mol. The third-order valence-electron chi connectivity index (χ3n) is 4.20. The fourth-order valence-corrected chi connectivity index (χ4v) is 4.20. The molecule has 0 fully saturated rings. The van der Waals surface area contributed by atoms with Crippen LogP contribution in [0.5, 0.6) is 5.75 Å². The first kappa shape index (κ1) is 23.1. The number of hydrogen-bond donors (Lipinski definition) is 2. The quantitative estimate of drug-likeness (QED) is 0.501. The number of nitrogens with one attached hydrogen (secondary N) is 1. The molecule has 8 heteroatoms. The molecule has 1 heterocycles. The van der Waals surface area contributed by atoms with Crippen molar-refractivity contribution in [1.29, 1.82) is 0 Å². The van der Waals surface area contributed by atoms with Crippen molar-refractivity contribution in [3.63, 3.8) is 0 Å². The number of rotatable bonds is 8. The van der Waals surface area contributed by atoms with E-state index >= 15 is 0 Å². The van der Waals surface area contributed by atoms with Crippen molar-refractivity contribution in [2.75, 3.05) is 11.6 Å². The minimum atomic E-state index is -0.281. The van der Waals surface area contributed by atoms with E-state index in [0.29, 0.717) is 11.0 Å². The Labute approximate surface area is 177 Å². The summed E-state index contributed by atoms with van der Waals surface area (Å²) in [6.07, 6.45) is 0.878. The molecule has 1 aromatic carbocycles. The first-order chi connectivity index (χ1) is 13.4. The van der Waals surface area contributed by atoms with Gasteiger partial charge in [0.25, 0.3) is 0 Å². The second kappa shape index (κ2) is 9.07. The van der Waals surface area contributed by atoms with Gasteiger partial charge in [0, 0.05) is 5.54 Å². The number of amides is 1. The van der Waals surface area contributed by atoms with Crippen molar-refractivity contribution in [1.82, 2.24) is 20.2 Å². The second-order valence-electron chi connectivity index (χ2n) is 9.28. The highest BCUT2D eigenvalue weighted by molar-refractivity contribution is 7.99. The van der Waals surface area contributed by atoms with E-state index in [1.165, 1.54) is 22.0 Å². The van der Waals surface area contributed by atoms with Gasteiger partial charge in [-0.2, -0.15) is 0 Å². The van der Waals surface area contributed by atoms with Gasteiger partial charge in [-0.1, -0.05) is 50.2 Å². The molecule has 0 aliphatic carbocycles. The zero-order chi connectivity index (χ0) is 21.8. The Morgan fingerprint density at radius 1 is 1.21 bits per heavy atom. The minimum absolute atomic E-state index is 0.0552. The molecule has 0 radical (unpaired) electrons. The van der Waals surface area contributed by atoms with Crippen molar-refractivity contribution in [2.45, 2.75) is 72.2 Å². The molecule has 0 saturated heterocycles. The molecule has 0 unspecified atom stereocenters. The molecule has 0 aliphatic rings. The molecule has 29 heavy (non-hydrogen) atoms. The predicted octanol–water partition coefficient (Wildman–Crippen LogP) is 3.61. The summed E-state index contributed by atoms with van der Waals surface area (Å²) < 4.78 is 7.19. The van der Waals surface area contributed by atoms with E-state index in [-0.39, 0.29) is 29.2 Å². The highest BCUT2D eigenvalue weighted by Crippen LogP contribution is 2.27. The van der Waals surface area contributed by atoms with Crippen LogP contribution in [0.25, 0.3) is 0 Å². The van der Waals surface area contributed by atoms with Crippen LogP contribution in [0.4, 0.5) is 0 Å². The van der Waals surface area contributed by atoms with Crippen LogP contribution >= 0.6 is 11.8 Å². The lowest BCUT2D eigenvalue weighted by Crippen LogP contribution is -2.46. The van der Waals surface area contributed by atoms with Gasteiger partial charge in [0.05, 0.1) is 5.75 Å². The van der Waals surface area contributed by atoms with E-state index in [9.17, 15) is 4.79 Å². The van der Waals surface area contributed by atoms with Crippen molar-refractivity contribution < 1.29 is 9.53 Å². The van der Waals surface area contributed by atoms with Crippen LogP contribution in [-0.4, -0.2) is 32.1 Å². The molecule has 7 nitrogen and oxygen atoms in total. The number of aromatic nitrogens is 3. The molecule has 0 saturated carbocycles. The van der Waals surface area contributed by atoms with Crippen LogP contribution in [0.15, 0.2) is 23.4 Å². The summed E-state index contributed by atoms with van der Waals surface area (Å²) in [6, 6.07) is 5.99. The van der Waals surface area contributed by atoms with E-state index in [1.54, 1.807) is 0 Å². The largest absolute Gasteiger partial charge is 0.485 e. The van der Waals surface area contributed by atoms with E-state index in [4.69, 9.17) is 10.6 Å². The second-order valence-corrected chi connectivity index (χ2v) is 10.2. The summed E-state index contributed by atoms with van der Waals surface area (Å²) in [5.41, 5.74) is 2.08. The van der Waals surface area contributed by atoms with Gasteiger partial charge in [0.15, 0.2) is 5.82 Å². The third kappa shape index (κ3) is 7.27. The molecule has 160 valence electrons. The van der Waals surface area contributed by atoms with Gasteiger partial charge in [-0.05, 0) is 51.2 Å². The predicted molar refractivity (Wildman–Crippen MR) is 117 cm³/mol. The summed E-state index contributed by atoms with van der Waals surface area (Å²) in [5.74, 6) is 7.54. The van der Waals surface area contributed by atoms with Crippen molar-refractivity contribution in [3.05, 3.63) is 35.2 Å². The number of carbonyl (C=O) groups is 1. The lowest BCUT2D eigenvalue weighted by molar-refractivity contribution is -0.120. The molecular formula is C21H33N5O2S. The van der Waals surface area contributed by atoms with E-state index in [0.717, 1.165) is 17.7 Å². The smallest absolute Gasteiger partial charge is 0.230 e. The van der Waals surface area contributed by atoms with Gasteiger partial charge in [-0.3, -0.25) is 4.79 Å². The summed E-state index contributed by atoms with van der Waals surface area (Å²) >= 11 is 1.26. The van der Waals surface area contributed by atoms with Crippen molar-refractivity contribution in [3.8, 4) is 5.75 Å². The summed E-state index contributed by atoms with van der Waals surface area (Å²) in [4.78, 5) is 12.4. The average Bonchev–Trinajstić information content (AvgIpc) is 2.89. The van der Waals surface area contributed by atoms with E-state index in [1.807, 2.05) is 39.8 Å². The number of nitrogens with zero attached hydrogens (tertiary/aromatic N) is 3. The first-order valence-corrected chi connectivity index (χ1v) is 10.7. The molecule has 0 spiro atoms. The number of ether oxygens (including phenoxy) is 1. The topological polar surface area (TPSA) is 95.1 Å². The molecular weight excluding hydrogens is 386 g/mol. The van der Waals surface area contributed by atoms with Gasteiger partial charge in [-0.25, -0.2) is 4.68 Å². The summed E-state index contributed by atoms with van der Waals surface area (Å²) in [5, 5.41) is 11.7. The Hall–Kier alpha value is -2.22. The minimum Gasteiger partial charge on any atom is -0.485 e. The Balaban J connectivity index is 1.90. The van der Waals surface area contributed by atoms with Gasteiger partial charge in [-0.15, -0.1) is 10.2 Å². The SMILES string of the molecule is Cc1ccc(OCc2nnc(SCC(=O)NC(C)(C)CC(C)(C)C)n2N)c(C)c1. The Morgan fingerprint density at radius 2 is 1.90 bits per heavy atom. The van der Waals surface area contributed by atoms with E-state index in [2.05, 4.69) is 42.4 Å². The van der Waals surface area contributed by atoms with Crippen LogP contribution < -0.4 is 15.9 Å². The van der Waals surface area contributed by atoms with Crippen molar-refractivity contribution >= 4 is 17.7 Å². The first-order valence-electron chi connectivity index (χ1n) is 9.69. The highest BCUT2D eigenvalue weighted by atomic mass is 32.2. The fourth-order valence-electron chi connectivity index (χ4n) is 3.52. The molecule has 0 atom stereocenters. The number of nitrogens with two attached hydrogens (primary N) is 1. The van der Waals surface area contributed by atoms with Gasteiger partial charge >= 0.3 is 0 Å². The van der Waals surface area contributed by atoms with Gasteiger partial charge in [0.2, 0.25) is 11.1 Å². The Kier molecular flexibility index (Phi) is 7.21. The zero-order valence-electron chi connectivity index (χ0n) is 18.5. The normalized spacial score (nSPS) is 12.1. The summed E-state index contributed by atoms with van der Waals surface area (Å²) in [7, 11) is 0. The fraction of sp³-hybridized carbons (Fsp3) is 0.571. The van der Waals surface area contributed by atoms with Crippen molar-refractivity contribution in [2.24, 2.45) is 5.41 Å². The van der Waals surface area contributed by atoms with Crippen LogP contribution in [-0.2, 0) is 11.4 Å². The number of benzene rings is 1. The highest BCUT2D eigenvalue weighted by Gasteiger charge is 2.27. The Morgan fingerprint density at radius 3 is 2.52 bits per heavy atom. The molecule has 3 N–H and O–H groups in total. The number of carbonyl (C=O) groups excluding carboxylic acids is 1. The molecule has 0 aliphatic heterocycles. The van der Waals surface area contributed by atoms with E-state index < -0.39 is 0 Å². The molecule has 2 rings (SSSR count). The molecule has 1 amide bonds. The zero-order valence-corrected chi connectivity index (χ0v) is 19.3. The summed E-state index contributed by atoms with van der Waals surface area (Å²) in [6.45, 7) is 14.8. The average molecular weight is 420 g/mol. The molecule has 1 aromatic heterocycles. The molecule has 0 bridgehead atoms. The number of thioether (sulfide) groups is 1. The standard InChI is InChI=1S/C21H33N5O2S/c1-14-8-9-16(15(2)10-14)28-11-17-24-25-19(26(17)22)29-12-18(27)23-21(6,7)13-20(3,4)5/h8-10H,11-13,22H2,1-7H3,(H,23,27). The van der Waals surface area contributed by atoms with Crippen LogP contribution in [0, 0.1) is 19.3 Å². The Bertz CT molecular complexity index is 855. The maximum Gasteiger partial charge on any atom is 0.230 e. The van der Waals surface area contributed by atoms with Gasteiger partial charge < -0.3 is 15.9 Å². The molecule has 2 aromatic rings. The lowest BCUT2D eigenvalue weighted by Gasteiger charge is -2.33. The number of nitrogen functional groups attached to an aromatic ring is 1. The van der Waals surface area contributed by atoms with Crippen LogP contribution in [0.3, 0.4) is 0 Å². The van der Waals surface area contributed by atoms with Crippen LogP contribution in [0.2, 0.25) is 0 Å². The third-order valence-corrected chi connectivity index (χ3v) is 5.15. The van der Waals surface area contributed by atoms with Gasteiger partial charge in [0.1, 0.15) is 12.4 Å². The maximum atomic E-state index is 12.4. The number of hydrogen-bond acceptors (Lipinski definition) is 6. The number of aryl methyl sites for hydroxylation is 2. The lowest BCUT2D eigenvalue weighted by atomic mass is 9.82.